The van der Waals surface area contributed by atoms with Crippen LogP contribution in [-0.4, -0.2) is 38.1 Å². The van der Waals surface area contributed by atoms with E-state index in [9.17, 15) is 4.79 Å². The number of benzene rings is 1. The molecule has 1 N–H and O–H groups in total. The molecule has 1 aromatic carbocycles. The SMILES string of the molecule is CCn1nc(-c2noc(-c3cc(Cl)c(CCC(=O)O)c(OC)c3)n2)c2c1CC(C)(C)CC2. The van der Waals surface area contributed by atoms with Crippen molar-refractivity contribution < 1.29 is 19.2 Å². The molecule has 0 saturated carbocycles. The van der Waals surface area contributed by atoms with Gasteiger partial charge in [-0.25, -0.2) is 0 Å². The molecule has 32 heavy (non-hydrogen) atoms. The summed E-state index contributed by atoms with van der Waals surface area (Å²) in [6, 6.07) is 3.43. The van der Waals surface area contributed by atoms with Crippen LogP contribution in [0.5, 0.6) is 5.75 Å². The molecule has 0 spiro atoms. The number of hydrogen-bond donors (Lipinski definition) is 1. The Morgan fingerprint density at radius 3 is 2.84 bits per heavy atom. The van der Waals surface area contributed by atoms with E-state index in [0.717, 1.165) is 31.5 Å². The first kappa shape index (κ1) is 22.3. The molecule has 0 amide bonds. The molecule has 9 heteroatoms. The fourth-order valence-corrected chi connectivity index (χ4v) is 4.57. The Hall–Kier alpha value is -2.87. The lowest BCUT2D eigenvalue weighted by molar-refractivity contribution is -0.136. The number of hydrogen-bond acceptors (Lipinski definition) is 6. The Morgan fingerprint density at radius 2 is 2.16 bits per heavy atom. The minimum atomic E-state index is -0.896. The number of ether oxygens (including phenoxy) is 1. The molecule has 1 aliphatic carbocycles. The third-order valence-electron chi connectivity index (χ3n) is 6.01. The second kappa shape index (κ2) is 8.58. The molecular formula is C23H27ClN4O4. The predicted octanol–water partition coefficient (Wildman–Crippen LogP) is 4.81. The molecule has 0 aliphatic heterocycles. The summed E-state index contributed by atoms with van der Waals surface area (Å²) in [6.45, 7) is 7.44. The molecule has 0 fully saturated rings. The number of halogens is 1. The van der Waals surface area contributed by atoms with Gasteiger partial charge in [0.05, 0.1) is 7.11 Å². The fourth-order valence-electron chi connectivity index (χ4n) is 4.27. The smallest absolute Gasteiger partial charge is 0.303 e. The Kier molecular flexibility index (Phi) is 5.99. The number of aromatic nitrogens is 4. The molecule has 8 nitrogen and oxygen atoms in total. The number of carboxylic acids is 1. The summed E-state index contributed by atoms with van der Waals surface area (Å²) >= 11 is 6.44. The summed E-state index contributed by atoms with van der Waals surface area (Å²) in [5.41, 5.74) is 4.70. The van der Waals surface area contributed by atoms with E-state index < -0.39 is 5.97 Å². The van der Waals surface area contributed by atoms with Crippen molar-refractivity contribution in [2.24, 2.45) is 5.41 Å². The van der Waals surface area contributed by atoms with Gasteiger partial charge in [0.15, 0.2) is 0 Å². The number of methoxy groups -OCH3 is 1. The van der Waals surface area contributed by atoms with Crippen LogP contribution >= 0.6 is 11.6 Å². The van der Waals surface area contributed by atoms with E-state index in [1.54, 1.807) is 12.1 Å². The first-order valence-electron chi connectivity index (χ1n) is 10.7. The number of fused-ring (bicyclic) bond motifs is 1. The van der Waals surface area contributed by atoms with Crippen molar-refractivity contribution >= 4 is 17.6 Å². The lowest BCUT2D eigenvalue weighted by Crippen LogP contribution is -2.24. The third kappa shape index (κ3) is 4.24. The van der Waals surface area contributed by atoms with Gasteiger partial charge in [-0.15, -0.1) is 0 Å². The molecule has 2 heterocycles. The highest BCUT2D eigenvalue weighted by Gasteiger charge is 2.32. The van der Waals surface area contributed by atoms with Gasteiger partial charge < -0.3 is 14.4 Å². The maximum absolute atomic E-state index is 10.9. The topological polar surface area (TPSA) is 103 Å². The van der Waals surface area contributed by atoms with Crippen LogP contribution in [0.15, 0.2) is 16.7 Å². The van der Waals surface area contributed by atoms with Gasteiger partial charge in [0.2, 0.25) is 5.82 Å². The molecule has 3 aromatic rings. The predicted molar refractivity (Wildman–Crippen MR) is 120 cm³/mol. The molecule has 4 rings (SSSR count). The highest BCUT2D eigenvalue weighted by molar-refractivity contribution is 6.31. The number of carboxylic acid groups (broad SMARTS) is 1. The molecule has 0 unspecified atom stereocenters. The molecule has 0 radical (unpaired) electrons. The quantitative estimate of drug-likeness (QED) is 0.541. The highest BCUT2D eigenvalue weighted by Crippen LogP contribution is 2.39. The van der Waals surface area contributed by atoms with E-state index in [4.69, 9.17) is 31.1 Å². The Labute approximate surface area is 191 Å². The number of nitrogens with zero attached hydrogens (tertiary/aromatic N) is 4. The van der Waals surface area contributed by atoms with Crippen LogP contribution in [0.2, 0.25) is 5.02 Å². The number of aryl methyl sites for hydroxylation is 1. The van der Waals surface area contributed by atoms with Crippen LogP contribution in [0.3, 0.4) is 0 Å². The average molecular weight is 459 g/mol. The van der Waals surface area contributed by atoms with Crippen LogP contribution in [0.4, 0.5) is 0 Å². The second-order valence-corrected chi connectivity index (χ2v) is 9.29. The van der Waals surface area contributed by atoms with Gasteiger partial charge in [-0.1, -0.05) is 30.6 Å². The molecule has 0 bridgehead atoms. The van der Waals surface area contributed by atoms with Crippen LogP contribution in [0.25, 0.3) is 23.0 Å². The summed E-state index contributed by atoms with van der Waals surface area (Å²) in [5.74, 6) is 0.351. The number of carbonyl (C=O) groups is 1. The summed E-state index contributed by atoms with van der Waals surface area (Å²) in [7, 11) is 1.52. The van der Waals surface area contributed by atoms with Crippen molar-refractivity contribution in [3.05, 3.63) is 34.0 Å². The van der Waals surface area contributed by atoms with Gasteiger partial charge in [-0.2, -0.15) is 10.1 Å². The van der Waals surface area contributed by atoms with Crippen molar-refractivity contribution in [1.82, 2.24) is 19.9 Å². The first-order chi connectivity index (χ1) is 15.2. The van der Waals surface area contributed by atoms with Gasteiger partial charge in [0.1, 0.15) is 11.4 Å². The summed E-state index contributed by atoms with van der Waals surface area (Å²) in [5, 5.41) is 18.4. The number of aliphatic carboxylic acids is 1. The lowest BCUT2D eigenvalue weighted by Gasteiger charge is -2.30. The average Bonchev–Trinajstić information content (AvgIpc) is 3.35. The van der Waals surface area contributed by atoms with E-state index in [2.05, 4.69) is 30.9 Å². The van der Waals surface area contributed by atoms with Crippen LogP contribution in [0, 0.1) is 5.41 Å². The zero-order chi connectivity index (χ0) is 23.0. The van der Waals surface area contributed by atoms with Crippen molar-refractivity contribution in [1.29, 1.82) is 0 Å². The molecule has 2 aromatic heterocycles. The lowest BCUT2D eigenvalue weighted by atomic mass is 9.76. The summed E-state index contributed by atoms with van der Waals surface area (Å²) < 4.78 is 13.0. The van der Waals surface area contributed by atoms with Crippen molar-refractivity contribution in [2.75, 3.05) is 7.11 Å². The Morgan fingerprint density at radius 1 is 1.38 bits per heavy atom. The van der Waals surface area contributed by atoms with Gasteiger partial charge in [0.25, 0.3) is 5.89 Å². The monoisotopic (exact) mass is 458 g/mol. The molecule has 0 atom stereocenters. The second-order valence-electron chi connectivity index (χ2n) is 8.89. The normalized spacial score (nSPS) is 14.9. The molecular weight excluding hydrogens is 432 g/mol. The van der Waals surface area contributed by atoms with Gasteiger partial charge in [-0.05, 0) is 50.2 Å². The minimum Gasteiger partial charge on any atom is -0.496 e. The zero-order valence-electron chi connectivity index (χ0n) is 18.7. The van der Waals surface area contributed by atoms with E-state index in [1.807, 2.05) is 4.68 Å². The Balaban J connectivity index is 1.69. The van der Waals surface area contributed by atoms with E-state index in [-0.39, 0.29) is 18.3 Å². The number of rotatable bonds is 7. The molecule has 0 saturated heterocycles. The molecule has 170 valence electrons. The third-order valence-corrected chi connectivity index (χ3v) is 6.35. The highest BCUT2D eigenvalue weighted by atomic mass is 35.5. The maximum Gasteiger partial charge on any atom is 0.303 e. The van der Waals surface area contributed by atoms with Crippen LogP contribution in [-0.2, 0) is 30.6 Å². The van der Waals surface area contributed by atoms with Gasteiger partial charge >= 0.3 is 5.97 Å². The Bertz CT molecular complexity index is 1170. The van der Waals surface area contributed by atoms with E-state index >= 15 is 0 Å². The van der Waals surface area contributed by atoms with Gasteiger partial charge in [-0.3, -0.25) is 9.48 Å². The fraction of sp³-hybridized carbons (Fsp3) is 0.478. The van der Waals surface area contributed by atoms with Crippen molar-refractivity contribution in [3.63, 3.8) is 0 Å². The van der Waals surface area contributed by atoms with E-state index in [1.165, 1.54) is 18.4 Å². The van der Waals surface area contributed by atoms with Crippen molar-refractivity contribution in [3.8, 4) is 28.7 Å². The summed E-state index contributed by atoms with van der Waals surface area (Å²) in [6.07, 6.45) is 3.21. The molecule has 1 aliphatic rings. The van der Waals surface area contributed by atoms with Crippen LogP contribution < -0.4 is 4.74 Å². The van der Waals surface area contributed by atoms with Crippen LogP contribution in [0.1, 0.15) is 50.4 Å². The minimum absolute atomic E-state index is 0.0395. The maximum atomic E-state index is 10.9. The zero-order valence-corrected chi connectivity index (χ0v) is 19.5. The summed E-state index contributed by atoms with van der Waals surface area (Å²) in [4.78, 5) is 15.5. The first-order valence-corrected chi connectivity index (χ1v) is 11.1. The largest absolute Gasteiger partial charge is 0.496 e. The van der Waals surface area contributed by atoms with Gasteiger partial charge in [0, 0.05) is 40.4 Å². The van der Waals surface area contributed by atoms with Crippen molar-refractivity contribution in [2.45, 2.75) is 59.4 Å². The van der Waals surface area contributed by atoms with E-state index in [0.29, 0.717) is 33.6 Å². The standard InChI is InChI=1S/C23H27ClN4O4/c1-5-28-17-12-23(2,3)9-8-15(17)20(26-28)21-25-22(32-27-21)13-10-16(24)14(6-7-19(29)30)18(11-13)31-4/h10-11H,5-9,12H2,1-4H3,(H,29,30).